The lowest BCUT2D eigenvalue weighted by molar-refractivity contribution is -0.0566. The number of aryl methyl sites for hydroxylation is 2. The summed E-state index contributed by atoms with van der Waals surface area (Å²) in [5, 5.41) is 13.7. The molecule has 8 nitrogen and oxygen atoms in total. The molecule has 1 aliphatic rings. The fraction of sp³-hybridized carbons (Fsp3) is 0.500. The Morgan fingerprint density at radius 3 is 2.76 bits per heavy atom. The molecule has 0 radical (unpaired) electrons. The van der Waals surface area contributed by atoms with E-state index in [0.29, 0.717) is 19.0 Å². The normalized spacial score (nSPS) is 15.7. The molecule has 0 saturated heterocycles. The van der Waals surface area contributed by atoms with Gasteiger partial charge in [0.05, 0.1) is 30.4 Å². The summed E-state index contributed by atoms with van der Waals surface area (Å²) in [5.41, 5.74) is -0.879. The predicted octanol–water partition coefficient (Wildman–Crippen LogP) is 1.22. The van der Waals surface area contributed by atoms with Crippen molar-refractivity contribution in [2.45, 2.75) is 46.4 Å². The van der Waals surface area contributed by atoms with Crippen LogP contribution in [-0.4, -0.2) is 32.2 Å². The van der Waals surface area contributed by atoms with Crippen LogP contribution in [0.15, 0.2) is 4.79 Å². The first kappa shape index (κ1) is 17.6. The summed E-state index contributed by atoms with van der Waals surface area (Å²) in [7, 11) is 0. The fourth-order valence-electron chi connectivity index (χ4n) is 2.81. The number of carbonyl (C=O) groups is 1. The number of amides is 1. The molecule has 0 saturated carbocycles. The third kappa shape index (κ3) is 3.16. The predicted molar refractivity (Wildman–Crippen MR) is 91.9 cm³/mol. The maximum Gasteiger partial charge on any atom is 0.296 e. The van der Waals surface area contributed by atoms with E-state index in [9.17, 15) is 14.7 Å². The Balaban J connectivity index is 1.92. The molecule has 2 aromatic rings. The molecule has 0 bridgehead atoms. The zero-order valence-electron chi connectivity index (χ0n) is 14.5. The first-order valence-corrected chi connectivity index (χ1v) is 8.71. The molecular weight excluding hydrogens is 344 g/mol. The highest BCUT2D eigenvalue weighted by molar-refractivity contribution is 7.11. The van der Waals surface area contributed by atoms with Crippen LogP contribution >= 0.6 is 11.3 Å². The Bertz CT molecular complexity index is 900. The zero-order valence-corrected chi connectivity index (χ0v) is 15.4. The van der Waals surface area contributed by atoms with Crippen LogP contribution in [0.25, 0.3) is 0 Å². The van der Waals surface area contributed by atoms with E-state index in [4.69, 9.17) is 4.74 Å². The number of rotatable bonds is 3. The molecule has 0 spiro atoms. The molecule has 0 atom stereocenters. The lowest BCUT2D eigenvalue weighted by Crippen LogP contribution is -2.42. The second-order valence-electron chi connectivity index (χ2n) is 6.37. The molecule has 134 valence electrons. The van der Waals surface area contributed by atoms with Crippen LogP contribution in [0.4, 0.5) is 0 Å². The van der Waals surface area contributed by atoms with Crippen molar-refractivity contribution in [3.8, 4) is 5.75 Å². The summed E-state index contributed by atoms with van der Waals surface area (Å²) < 4.78 is 6.98. The highest BCUT2D eigenvalue weighted by atomic mass is 32.1. The molecule has 1 amide bonds. The highest BCUT2D eigenvalue weighted by Gasteiger charge is 2.34. The molecule has 1 aliphatic heterocycles. The lowest BCUT2D eigenvalue weighted by atomic mass is 10.1. The fourth-order valence-corrected chi connectivity index (χ4v) is 3.69. The Kier molecular flexibility index (Phi) is 4.38. The van der Waals surface area contributed by atoms with Crippen LogP contribution < -0.4 is 10.9 Å². The summed E-state index contributed by atoms with van der Waals surface area (Å²) in [6.45, 7) is 8.19. The molecule has 25 heavy (non-hydrogen) atoms. The van der Waals surface area contributed by atoms with E-state index in [2.05, 4.69) is 15.3 Å². The van der Waals surface area contributed by atoms with Crippen LogP contribution in [0.1, 0.15) is 45.7 Å². The van der Waals surface area contributed by atoms with E-state index in [1.165, 1.54) is 15.9 Å². The Morgan fingerprint density at radius 1 is 1.40 bits per heavy atom. The van der Waals surface area contributed by atoms with Crippen LogP contribution in [0.3, 0.4) is 0 Å². The van der Waals surface area contributed by atoms with Crippen molar-refractivity contribution >= 4 is 17.2 Å². The second kappa shape index (κ2) is 6.23. The standard InChI is InChI=1S/C16H20N4O4S/c1-8-10(25-9(2)18-8)7-17-13(22)11-12(21)14(23)20-5-6-24-16(3,4)15(20)19-11/h21H,5-7H2,1-4H3,(H,17,22). The van der Waals surface area contributed by atoms with E-state index in [1.54, 1.807) is 13.8 Å². The summed E-state index contributed by atoms with van der Waals surface area (Å²) in [5.74, 6) is -0.919. The molecular formula is C16H20N4O4S. The Morgan fingerprint density at radius 2 is 2.12 bits per heavy atom. The van der Waals surface area contributed by atoms with Gasteiger partial charge in [-0.05, 0) is 27.7 Å². The molecule has 0 fully saturated rings. The van der Waals surface area contributed by atoms with Gasteiger partial charge in [0.2, 0.25) is 5.75 Å². The number of ether oxygens (including phenoxy) is 1. The van der Waals surface area contributed by atoms with Crippen molar-refractivity contribution in [1.29, 1.82) is 0 Å². The number of aromatic hydroxyl groups is 1. The topological polar surface area (TPSA) is 106 Å². The van der Waals surface area contributed by atoms with Crippen molar-refractivity contribution in [2.24, 2.45) is 0 Å². The maximum atomic E-state index is 12.5. The van der Waals surface area contributed by atoms with Gasteiger partial charge in [-0.2, -0.15) is 0 Å². The van der Waals surface area contributed by atoms with Gasteiger partial charge in [-0.1, -0.05) is 0 Å². The van der Waals surface area contributed by atoms with E-state index in [0.717, 1.165) is 15.6 Å². The first-order chi connectivity index (χ1) is 11.7. The molecule has 3 heterocycles. The van der Waals surface area contributed by atoms with Crippen molar-refractivity contribution in [3.05, 3.63) is 37.5 Å². The van der Waals surface area contributed by atoms with Gasteiger partial charge in [-0.15, -0.1) is 11.3 Å². The minimum absolute atomic E-state index is 0.260. The maximum absolute atomic E-state index is 12.5. The van der Waals surface area contributed by atoms with E-state index >= 15 is 0 Å². The van der Waals surface area contributed by atoms with Gasteiger partial charge in [-0.25, -0.2) is 9.97 Å². The number of thiazole rings is 1. The van der Waals surface area contributed by atoms with Gasteiger partial charge >= 0.3 is 0 Å². The molecule has 2 N–H and O–H groups in total. The highest BCUT2D eigenvalue weighted by Crippen LogP contribution is 2.27. The van der Waals surface area contributed by atoms with Gasteiger partial charge < -0.3 is 15.2 Å². The third-order valence-corrected chi connectivity index (χ3v) is 5.16. The molecule has 0 unspecified atom stereocenters. The summed E-state index contributed by atoms with van der Waals surface area (Å²) in [6.07, 6.45) is 0. The molecule has 0 aliphatic carbocycles. The number of carbonyl (C=O) groups excluding carboxylic acids is 1. The zero-order chi connectivity index (χ0) is 18.4. The lowest BCUT2D eigenvalue weighted by Gasteiger charge is -2.32. The van der Waals surface area contributed by atoms with Gasteiger partial charge in [0.25, 0.3) is 11.5 Å². The van der Waals surface area contributed by atoms with E-state index in [-0.39, 0.29) is 12.2 Å². The SMILES string of the molecule is Cc1nc(C)c(CNC(=O)c2nc3n(c(=O)c2O)CCOC3(C)C)s1. The number of nitrogens with zero attached hydrogens (tertiary/aromatic N) is 3. The number of hydrogen-bond donors (Lipinski definition) is 2. The minimum atomic E-state index is -0.814. The molecule has 2 aromatic heterocycles. The monoisotopic (exact) mass is 364 g/mol. The Hall–Kier alpha value is -2.26. The van der Waals surface area contributed by atoms with E-state index in [1.807, 2.05) is 13.8 Å². The van der Waals surface area contributed by atoms with Crippen LogP contribution in [0.2, 0.25) is 0 Å². The number of aromatic nitrogens is 3. The van der Waals surface area contributed by atoms with Gasteiger partial charge in [0, 0.05) is 4.88 Å². The third-order valence-electron chi connectivity index (χ3n) is 4.09. The van der Waals surface area contributed by atoms with Crippen LogP contribution in [-0.2, 0) is 23.4 Å². The smallest absolute Gasteiger partial charge is 0.296 e. The number of nitrogens with one attached hydrogen (secondary N) is 1. The van der Waals surface area contributed by atoms with Crippen molar-refractivity contribution in [1.82, 2.24) is 19.9 Å². The molecule has 0 aromatic carbocycles. The number of hydrogen-bond acceptors (Lipinski definition) is 7. The summed E-state index contributed by atoms with van der Waals surface area (Å²) in [6, 6.07) is 0. The van der Waals surface area contributed by atoms with Gasteiger partial charge in [-0.3, -0.25) is 14.2 Å². The van der Waals surface area contributed by atoms with Crippen LogP contribution in [0.5, 0.6) is 5.75 Å². The Labute approximate surface area is 148 Å². The average molecular weight is 364 g/mol. The molecule has 9 heteroatoms. The quantitative estimate of drug-likeness (QED) is 0.848. The van der Waals surface area contributed by atoms with Crippen LogP contribution in [0, 0.1) is 13.8 Å². The van der Waals surface area contributed by atoms with Crippen molar-refractivity contribution in [3.63, 3.8) is 0 Å². The van der Waals surface area contributed by atoms with E-state index < -0.39 is 22.8 Å². The summed E-state index contributed by atoms with van der Waals surface area (Å²) in [4.78, 5) is 34.3. The first-order valence-electron chi connectivity index (χ1n) is 7.90. The van der Waals surface area contributed by atoms with Gasteiger partial charge in [0.15, 0.2) is 5.69 Å². The molecule has 3 rings (SSSR count). The second-order valence-corrected chi connectivity index (χ2v) is 7.66. The minimum Gasteiger partial charge on any atom is -0.501 e. The van der Waals surface area contributed by atoms with Crippen molar-refractivity contribution < 1.29 is 14.6 Å². The van der Waals surface area contributed by atoms with Gasteiger partial charge in [0.1, 0.15) is 11.4 Å². The van der Waals surface area contributed by atoms with Crippen molar-refractivity contribution in [2.75, 3.05) is 6.61 Å². The number of fused-ring (bicyclic) bond motifs is 1. The summed E-state index contributed by atoms with van der Waals surface area (Å²) >= 11 is 1.49. The average Bonchev–Trinajstić information content (AvgIpc) is 2.86. The largest absolute Gasteiger partial charge is 0.501 e.